The van der Waals surface area contributed by atoms with E-state index >= 15 is 0 Å². The Hall–Kier alpha value is -1.09. The van der Waals surface area contributed by atoms with E-state index in [2.05, 4.69) is 31.0 Å². The molecule has 1 fully saturated rings. The summed E-state index contributed by atoms with van der Waals surface area (Å²) in [6, 6.07) is 6.03. The van der Waals surface area contributed by atoms with Gasteiger partial charge < -0.3 is 10.2 Å². The monoisotopic (exact) mass is 250 g/mol. The van der Waals surface area contributed by atoms with Crippen LogP contribution in [0.25, 0.3) is 0 Å². The molecule has 0 spiro atoms. The van der Waals surface area contributed by atoms with Gasteiger partial charge in [0.25, 0.3) is 0 Å². The first-order chi connectivity index (χ1) is 8.67. The van der Waals surface area contributed by atoms with Crippen LogP contribution in [0.15, 0.2) is 18.2 Å². The molecule has 0 amide bonds. The number of rotatable bonds is 6. The first-order valence-electron chi connectivity index (χ1n) is 6.96. The van der Waals surface area contributed by atoms with Crippen molar-refractivity contribution < 1.29 is 4.39 Å². The van der Waals surface area contributed by atoms with Crippen LogP contribution in [0.1, 0.15) is 45.2 Å². The van der Waals surface area contributed by atoms with Gasteiger partial charge in [-0.15, -0.1) is 0 Å². The number of hydrogen-bond donors (Lipinski definition) is 1. The average Bonchev–Trinajstić information content (AvgIpc) is 3.16. The van der Waals surface area contributed by atoms with E-state index in [1.54, 1.807) is 12.1 Å². The van der Waals surface area contributed by atoms with Gasteiger partial charge >= 0.3 is 0 Å². The first-order valence-corrected chi connectivity index (χ1v) is 6.96. The summed E-state index contributed by atoms with van der Waals surface area (Å²) in [5.41, 5.74) is 2.26. The number of hydrogen-bond acceptors (Lipinski definition) is 2. The zero-order chi connectivity index (χ0) is 13.1. The number of nitrogens with zero attached hydrogens (tertiary/aromatic N) is 1. The molecule has 1 aromatic rings. The Morgan fingerprint density at radius 1 is 1.39 bits per heavy atom. The average molecular weight is 250 g/mol. The normalized spacial score (nSPS) is 16.7. The van der Waals surface area contributed by atoms with E-state index in [-0.39, 0.29) is 11.9 Å². The highest BCUT2D eigenvalue weighted by Crippen LogP contribution is 2.35. The van der Waals surface area contributed by atoms with Crippen molar-refractivity contribution >= 4 is 5.69 Å². The fraction of sp³-hybridized carbons (Fsp3) is 0.600. The lowest BCUT2D eigenvalue weighted by atomic mass is 10.0. The van der Waals surface area contributed by atoms with Crippen molar-refractivity contribution in [1.29, 1.82) is 0 Å². The van der Waals surface area contributed by atoms with Gasteiger partial charge in [0.05, 0.1) is 0 Å². The van der Waals surface area contributed by atoms with Gasteiger partial charge in [-0.3, -0.25) is 0 Å². The summed E-state index contributed by atoms with van der Waals surface area (Å²) in [5, 5.41) is 3.37. The van der Waals surface area contributed by atoms with Crippen molar-refractivity contribution in [3.8, 4) is 0 Å². The Kier molecular flexibility index (Phi) is 4.23. The van der Waals surface area contributed by atoms with E-state index < -0.39 is 0 Å². The third-order valence-electron chi connectivity index (χ3n) is 3.60. The minimum absolute atomic E-state index is 0.148. The van der Waals surface area contributed by atoms with Gasteiger partial charge in [0.15, 0.2) is 0 Å². The molecule has 0 radical (unpaired) electrons. The summed E-state index contributed by atoms with van der Waals surface area (Å²) in [5.74, 6) is -0.148. The van der Waals surface area contributed by atoms with Gasteiger partial charge in [-0.2, -0.15) is 0 Å². The van der Waals surface area contributed by atoms with Crippen LogP contribution < -0.4 is 10.2 Å². The predicted molar refractivity (Wildman–Crippen MR) is 74.5 cm³/mol. The second kappa shape index (κ2) is 5.70. The lowest BCUT2D eigenvalue weighted by Gasteiger charge is -2.28. The van der Waals surface area contributed by atoms with Crippen LogP contribution in [0.3, 0.4) is 0 Å². The zero-order valence-corrected chi connectivity index (χ0v) is 11.5. The first kappa shape index (κ1) is 13.3. The Morgan fingerprint density at radius 2 is 2.11 bits per heavy atom. The minimum atomic E-state index is -0.148. The standard InChI is InChI=1S/C15H23FN2/c1-4-17-11(3)14-10-12(16)6-9-15(14)18(5-2)13-7-8-13/h6,9-11,13,17H,4-5,7-8H2,1-3H3. The maximum atomic E-state index is 13.5. The van der Waals surface area contributed by atoms with E-state index in [1.807, 2.05) is 6.07 Å². The molecule has 1 unspecified atom stereocenters. The fourth-order valence-electron chi connectivity index (χ4n) is 2.56. The van der Waals surface area contributed by atoms with Crippen LogP contribution in [0.2, 0.25) is 0 Å². The summed E-state index contributed by atoms with van der Waals surface area (Å²) in [7, 11) is 0. The molecule has 1 N–H and O–H groups in total. The molecule has 100 valence electrons. The fourth-order valence-corrected chi connectivity index (χ4v) is 2.56. The van der Waals surface area contributed by atoms with E-state index in [9.17, 15) is 4.39 Å². The summed E-state index contributed by atoms with van der Waals surface area (Å²) >= 11 is 0. The Bertz CT molecular complexity index is 401. The molecule has 2 rings (SSSR count). The van der Waals surface area contributed by atoms with Crippen molar-refractivity contribution in [2.75, 3.05) is 18.0 Å². The maximum absolute atomic E-state index is 13.5. The van der Waals surface area contributed by atoms with Crippen molar-refractivity contribution in [2.45, 2.75) is 45.7 Å². The highest BCUT2D eigenvalue weighted by molar-refractivity contribution is 5.56. The maximum Gasteiger partial charge on any atom is 0.123 e. The Labute approximate surface area is 109 Å². The van der Waals surface area contributed by atoms with Gasteiger partial charge in [-0.1, -0.05) is 6.92 Å². The predicted octanol–water partition coefficient (Wildman–Crippen LogP) is 3.48. The molecule has 0 bridgehead atoms. The van der Waals surface area contributed by atoms with Crippen LogP contribution in [0.5, 0.6) is 0 Å². The van der Waals surface area contributed by atoms with E-state index in [1.165, 1.54) is 18.5 Å². The molecule has 1 aromatic carbocycles. The van der Waals surface area contributed by atoms with Gasteiger partial charge in [0, 0.05) is 24.3 Å². The van der Waals surface area contributed by atoms with E-state index in [0.29, 0.717) is 6.04 Å². The lowest BCUT2D eigenvalue weighted by Crippen LogP contribution is -2.28. The molecular weight excluding hydrogens is 227 g/mol. The topological polar surface area (TPSA) is 15.3 Å². The molecule has 0 aliphatic heterocycles. The van der Waals surface area contributed by atoms with Crippen LogP contribution >= 0.6 is 0 Å². The van der Waals surface area contributed by atoms with Gasteiger partial charge in [0.2, 0.25) is 0 Å². The second-order valence-corrected chi connectivity index (χ2v) is 5.00. The molecule has 3 heteroatoms. The van der Waals surface area contributed by atoms with E-state index in [4.69, 9.17) is 0 Å². The molecule has 0 heterocycles. The van der Waals surface area contributed by atoms with Crippen LogP contribution in [-0.4, -0.2) is 19.1 Å². The molecule has 2 nitrogen and oxygen atoms in total. The number of halogens is 1. The van der Waals surface area contributed by atoms with Gasteiger partial charge in [0.1, 0.15) is 5.82 Å². The second-order valence-electron chi connectivity index (χ2n) is 5.00. The molecule has 1 saturated carbocycles. The summed E-state index contributed by atoms with van der Waals surface area (Å²) in [6.07, 6.45) is 2.53. The smallest absolute Gasteiger partial charge is 0.123 e. The molecule has 0 aromatic heterocycles. The molecule has 1 aliphatic carbocycles. The van der Waals surface area contributed by atoms with Crippen molar-refractivity contribution in [3.63, 3.8) is 0 Å². The quantitative estimate of drug-likeness (QED) is 0.831. The van der Waals surface area contributed by atoms with Crippen molar-refractivity contribution in [1.82, 2.24) is 5.32 Å². The molecule has 1 aliphatic rings. The summed E-state index contributed by atoms with van der Waals surface area (Å²) in [6.45, 7) is 8.23. The molecule has 0 saturated heterocycles. The van der Waals surface area contributed by atoms with Crippen LogP contribution in [0.4, 0.5) is 10.1 Å². The van der Waals surface area contributed by atoms with Crippen molar-refractivity contribution in [3.05, 3.63) is 29.6 Å². The minimum Gasteiger partial charge on any atom is -0.369 e. The highest BCUT2D eigenvalue weighted by atomic mass is 19.1. The third-order valence-corrected chi connectivity index (χ3v) is 3.60. The molecular formula is C15H23FN2. The van der Waals surface area contributed by atoms with Gasteiger partial charge in [-0.25, -0.2) is 4.39 Å². The van der Waals surface area contributed by atoms with Crippen LogP contribution in [-0.2, 0) is 0 Å². The number of benzene rings is 1. The number of anilines is 1. The highest BCUT2D eigenvalue weighted by Gasteiger charge is 2.30. The lowest BCUT2D eigenvalue weighted by molar-refractivity contribution is 0.580. The summed E-state index contributed by atoms with van der Waals surface area (Å²) < 4.78 is 13.5. The largest absolute Gasteiger partial charge is 0.369 e. The van der Waals surface area contributed by atoms with Crippen LogP contribution in [0, 0.1) is 5.82 Å². The number of nitrogens with one attached hydrogen (secondary N) is 1. The van der Waals surface area contributed by atoms with E-state index in [0.717, 1.165) is 18.7 Å². The van der Waals surface area contributed by atoms with Crippen molar-refractivity contribution in [2.24, 2.45) is 0 Å². The molecule has 18 heavy (non-hydrogen) atoms. The molecule has 1 atom stereocenters. The zero-order valence-electron chi connectivity index (χ0n) is 11.5. The third kappa shape index (κ3) is 2.83. The summed E-state index contributed by atoms with van der Waals surface area (Å²) in [4.78, 5) is 2.41. The Morgan fingerprint density at radius 3 is 2.67 bits per heavy atom. The SMILES string of the molecule is CCNC(C)c1cc(F)ccc1N(CC)C1CC1. The van der Waals surface area contributed by atoms with Gasteiger partial charge in [-0.05, 0) is 57.0 Å². The Balaban J connectivity index is 2.32.